The Balaban J connectivity index is 1.64. The number of nitrogens with one attached hydrogen (secondary N) is 1. The number of ether oxygens (including phenoxy) is 1. The number of anilines is 1. The number of aliphatic imine (C=N–C) groups is 1. The van der Waals surface area contributed by atoms with E-state index in [1.54, 1.807) is 0 Å². The third kappa shape index (κ3) is 2.19. The van der Waals surface area contributed by atoms with Crippen molar-refractivity contribution in [2.45, 2.75) is 11.7 Å². The summed E-state index contributed by atoms with van der Waals surface area (Å²) in [6.07, 6.45) is 0. The van der Waals surface area contributed by atoms with Crippen molar-refractivity contribution in [2.75, 3.05) is 38.2 Å². The largest absolute Gasteiger partial charge is 0.383 e. The number of amidine groups is 1. The number of hydrogen-bond donors (Lipinski definition) is 2. The van der Waals surface area contributed by atoms with Crippen LogP contribution in [0.15, 0.2) is 59.6 Å². The summed E-state index contributed by atoms with van der Waals surface area (Å²) in [4.78, 5) is 5.06. The van der Waals surface area contributed by atoms with Gasteiger partial charge in [0.25, 0.3) is 0 Å². The number of quaternary nitrogens is 1. The second kappa shape index (κ2) is 5.31. The Hall–Kier alpha value is -2.37. The fourth-order valence-electron chi connectivity index (χ4n) is 4.50. The van der Waals surface area contributed by atoms with Crippen molar-refractivity contribution in [1.82, 2.24) is 0 Å². The van der Waals surface area contributed by atoms with Crippen LogP contribution in [0.4, 0.5) is 5.69 Å². The molecule has 3 N–H and O–H groups in total. The Labute approximate surface area is 147 Å². The van der Waals surface area contributed by atoms with Gasteiger partial charge in [-0.15, -0.1) is 0 Å². The van der Waals surface area contributed by atoms with Crippen molar-refractivity contribution >= 4 is 11.5 Å². The minimum atomic E-state index is -0.503. The van der Waals surface area contributed by atoms with Crippen LogP contribution >= 0.6 is 0 Å². The van der Waals surface area contributed by atoms with E-state index in [1.807, 2.05) is 24.3 Å². The quantitative estimate of drug-likeness (QED) is 0.651. The SMILES string of the molecule is NC1=NC(c2ccccc2)(C2C[N+]23CCOCC3)Nc2ccccc21. The van der Waals surface area contributed by atoms with Crippen molar-refractivity contribution < 1.29 is 9.22 Å². The zero-order valence-corrected chi connectivity index (χ0v) is 14.2. The third-order valence-electron chi connectivity index (χ3n) is 5.95. The van der Waals surface area contributed by atoms with Crippen LogP contribution in [-0.4, -0.2) is 49.2 Å². The second-order valence-electron chi connectivity index (χ2n) is 7.28. The molecule has 0 amide bonds. The van der Waals surface area contributed by atoms with Gasteiger partial charge in [-0.1, -0.05) is 42.5 Å². The topological polar surface area (TPSA) is 59.6 Å². The maximum absolute atomic E-state index is 6.42. The molecule has 3 aliphatic rings. The van der Waals surface area contributed by atoms with Gasteiger partial charge in [0.2, 0.25) is 5.66 Å². The van der Waals surface area contributed by atoms with Gasteiger partial charge in [0.1, 0.15) is 25.5 Å². The zero-order valence-electron chi connectivity index (χ0n) is 14.2. The summed E-state index contributed by atoms with van der Waals surface area (Å²) in [6.45, 7) is 4.88. The summed E-state index contributed by atoms with van der Waals surface area (Å²) in [5.41, 5.74) is 9.15. The van der Waals surface area contributed by atoms with Crippen LogP contribution in [0.2, 0.25) is 0 Å². The van der Waals surface area contributed by atoms with E-state index in [1.165, 1.54) is 5.56 Å². The molecule has 0 saturated carbocycles. The molecule has 5 nitrogen and oxygen atoms in total. The number of rotatable bonds is 2. The van der Waals surface area contributed by atoms with Crippen LogP contribution in [0, 0.1) is 0 Å². The highest BCUT2D eigenvalue weighted by molar-refractivity contribution is 6.04. The first-order valence-electron chi connectivity index (χ1n) is 8.96. The number of nitrogens with two attached hydrogens (primary N) is 1. The van der Waals surface area contributed by atoms with Crippen molar-refractivity contribution in [3.8, 4) is 0 Å². The van der Waals surface area contributed by atoms with Crippen LogP contribution in [-0.2, 0) is 10.4 Å². The summed E-state index contributed by atoms with van der Waals surface area (Å²) < 4.78 is 6.67. The van der Waals surface area contributed by atoms with Gasteiger partial charge in [-0.25, -0.2) is 4.99 Å². The zero-order chi connectivity index (χ0) is 16.9. The maximum Gasteiger partial charge on any atom is 0.215 e. The average molecular weight is 335 g/mol. The fraction of sp³-hybridized carbons (Fsp3) is 0.350. The molecule has 0 aliphatic carbocycles. The molecule has 1 spiro atoms. The Morgan fingerprint density at radius 1 is 1.04 bits per heavy atom. The molecule has 5 heteroatoms. The van der Waals surface area contributed by atoms with Crippen molar-refractivity contribution in [2.24, 2.45) is 10.7 Å². The van der Waals surface area contributed by atoms with Crippen LogP contribution in [0.3, 0.4) is 0 Å². The fourth-order valence-corrected chi connectivity index (χ4v) is 4.50. The molecule has 2 fully saturated rings. The Morgan fingerprint density at radius 2 is 1.76 bits per heavy atom. The first kappa shape index (κ1) is 14.9. The van der Waals surface area contributed by atoms with Crippen molar-refractivity contribution in [1.29, 1.82) is 0 Å². The Bertz CT molecular complexity index is 829. The lowest BCUT2D eigenvalue weighted by molar-refractivity contribution is -0.826. The minimum absolute atomic E-state index is 0.380. The molecule has 3 aliphatic heterocycles. The van der Waals surface area contributed by atoms with Crippen molar-refractivity contribution in [3.05, 3.63) is 65.7 Å². The Kier molecular flexibility index (Phi) is 3.17. The van der Waals surface area contributed by atoms with Gasteiger partial charge in [0, 0.05) is 16.8 Å². The summed E-state index contributed by atoms with van der Waals surface area (Å²) >= 11 is 0. The van der Waals surface area contributed by atoms with Gasteiger partial charge >= 0.3 is 0 Å². The lowest BCUT2D eigenvalue weighted by Crippen LogP contribution is -2.51. The average Bonchev–Trinajstić information content (AvgIpc) is 3.36. The van der Waals surface area contributed by atoms with E-state index in [9.17, 15) is 0 Å². The van der Waals surface area contributed by atoms with Crippen LogP contribution in [0.1, 0.15) is 11.1 Å². The highest BCUT2D eigenvalue weighted by Gasteiger charge is 2.67. The van der Waals surface area contributed by atoms with E-state index < -0.39 is 5.66 Å². The second-order valence-corrected chi connectivity index (χ2v) is 7.28. The number of benzene rings is 2. The molecule has 0 bridgehead atoms. The molecule has 0 aromatic heterocycles. The van der Waals surface area contributed by atoms with Gasteiger partial charge in [-0.3, -0.25) is 0 Å². The first-order valence-corrected chi connectivity index (χ1v) is 8.96. The molecule has 2 unspecified atom stereocenters. The maximum atomic E-state index is 6.42. The number of nitrogens with zero attached hydrogens (tertiary/aromatic N) is 2. The van der Waals surface area contributed by atoms with E-state index >= 15 is 0 Å². The summed E-state index contributed by atoms with van der Waals surface area (Å²) in [5.74, 6) is 0.622. The molecule has 2 atom stereocenters. The minimum Gasteiger partial charge on any atom is -0.383 e. The van der Waals surface area contributed by atoms with Gasteiger partial charge < -0.3 is 20.3 Å². The third-order valence-corrected chi connectivity index (χ3v) is 5.95. The molecule has 2 saturated heterocycles. The number of para-hydroxylation sites is 1. The summed E-state index contributed by atoms with van der Waals surface area (Å²) in [6, 6.07) is 19.1. The summed E-state index contributed by atoms with van der Waals surface area (Å²) in [5, 5.41) is 3.77. The van der Waals surface area contributed by atoms with E-state index in [0.717, 1.165) is 48.6 Å². The van der Waals surface area contributed by atoms with E-state index in [-0.39, 0.29) is 0 Å². The predicted molar refractivity (Wildman–Crippen MR) is 98.4 cm³/mol. The van der Waals surface area contributed by atoms with Crippen molar-refractivity contribution in [3.63, 3.8) is 0 Å². The predicted octanol–water partition coefficient (Wildman–Crippen LogP) is 1.90. The molecule has 5 rings (SSSR count). The summed E-state index contributed by atoms with van der Waals surface area (Å²) in [7, 11) is 0. The normalized spacial score (nSPS) is 29.4. The van der Waals surface area contributed by atoms with Gasteiger partial charge in [0.15, 0.2) is 6.04 Å². The number of hydrogen-bond acceptors (Lipinski definition) is 4. The van der Waals surface area contributed by atoms with Crippen LogP contribution in [0.25, 0.3) is 0 Å². The van der Waals surface area contributed by atoms with Crippen LogP contribution in [0.5, 0.6) is 0 Å². The highest BCUT2D eigenvalue weighted by Crippen LogP contribution is 2.49. The lowest BCUT2D eigenvalue weighted by Gasteiger charge is -2.38. The molecular formula is C20H23N4O+. The van der Waals surface area contributed by atoms with E-state index in [2.05, 4.69) is 35.6 Å². The monoisotopic (exact) mass is 335 g/mol. The van der Waals surface area contributed by atoms with E-state index in [4.69, 9.17) is 15.5 Å². The highest BCUT2D eigenvalue weighted by atomic mass is 16.5. The van der Waals surface area contributed by atoms with Gasteiger partial charge in [0.05, 0.1) is 13.2 Å². The molecule has 0 radical (unpaired) electrons. The number of fused-ring (bicyclic) bond motifs is 1. The Morgan fingerprint density at radius 3 is 2.56 bits per heavy atom. The molecule has 3 heterocycles. The molecule has 25 heavy (non-hydrogen) atoms. The molecule has 128 valence electrons. The smallest absolute Gasteiger partial charge is 0.215 e. The van der Waals surface area contributed by atoms with Crippen LogP contribution < -0.4 is 11.1 Å². The molecule has 2 aromatic carbocycles. The lowest BCUT2D eigenvalue weighted by atomic mass is 9.92. The van der Waals surface area contributed by atoms with E-state index in [0.29, 0.717) is 11.9 Å². The first-order chi connectivity index (χ1) is 12.2. The standard InChI is InChI=1S/C20H23N4O/c21-19-16-8-4-5-9-17(16)22-20(23-19,15-6-2-1-3-7-15)18-14-24(18)10-12-25-13-11-24/h1-9,18,22H,10-14H2,(H2,21,23)/q+1. The van der Waals surface area contributed by atoms with Gasteiger partial charge in [-0.2, -0.15) is 0 Å². The molecular weight excluding hydrogens is 312 g/mol. The van der Waals surface area contributed by atoms with Gasteiger partial charge in [-0.05, 0) is 12.1 Å². The number of morpholine rings is 1. The molecule has 2 aromatic rings.